The van der Waals surface area contributed by atoms with E-state index in [1.165, 1.54) is 12.1 Å². The third kappa shape index (κ3) is 2.78. The highest BCUT2D eigenvalue weighted by atomic mass is 35.5. The van der Waals surface area contributed by atoms with Crippen LogP contribution in [0.5, 0.6) is 11.5 Å². The minimum Gasteiger partial charge on any atom is -0.506 e. The van der Waals surface area contributed by atoms with Gasteiger partial charge in [-0.05, 0) is 23.3 Å². The fourth-order valence-corrected chi connectivity index (χ4v) is 3.31. The summed E-state index contributed by atoms with van der Waals surface area (Å²) in [7, 11) is 0. The van der Waals surface area contributed by atoms with E-state index in [-0.39, 0.29) is 31.6 Å². The molecule has 0 heterocycles. The van der Waals surface area contributed by atoms with Crippen molar-refractivity contribution >= 4 is 46.4 Å². The van der Waals surface area contributed by atoms with Crippen LogP contribution in [0.15, 0.2) is 24.3 Å². The molecule has 2 nitrogen and oxygen atoms in total. The minimum absolute atomic E-state index is 0.0863. The standard InChI is InChI=1S/C15H12Cl4O2/c1-15(2,7-3-5-9(20)13(18)11(7)16)8-4-6-10(21)14(19)12(8)17/h3-6,20-21H,1-2H3. The molecular weight excluding hydrogens is 354 g/mol. The summed E-state index contributed by atoms with van der Waals surface area (Å²) in [6.45, 7) is 3.80. The molecule has 0 aromatic heterocycles. The summed E-state index contributed by atoms with van der Waals surface area (Å²) >= 11 is 24.5. The maximum absolute atomic E-state index is 9.60. The molecule has 0 bridgehead atoms. The van der Waals surface area contributed by atoms with Gasteiger partial charge >= 0.3 is 0 Å². The van der Waals surface area contributed by atoms with Crippen LogP contribution in [0.1, 0.15) is 25.0 Å². The average molecular weight is 366 g/mol. The second kappa shape index (κ2) is 5.77. The Hall–Kier alpha value is -0.800. The van der Waals surface area contributed by atoms with Crippen LogP contribution < -0.4 is 0 Å². The van der Waals surface area contributed by atoms with Crippen LogP contribution in [0, 0.1) is 0 Å². The molecule has 0 saturated heterocycles. The van der Waals surface area contributed by atoms with Crippen molar-refractivity contribution < 1.29 is 10.2 Å². The molecule has 6 heteroatoms. The van der Waals surface area contributed by atoms with E-state index >= 15 is 0 Å². The molecule has 0 aliphatic heterocycles. The molecular formula is C15H12Cl4O2. The Labute approximate surface area is 142 Å². The molecule has 0 spiro atoms. The quantitative estimate of drug-likeness (QED) is 0.681. The summed E-state index contributed by atoms with van der Waals surface area (Å²) in [5.41, 5.74) is 0.759. The number of hydrogen-bond acceptors (Lipinski definition) is 2. The van der Waals surface area contributed by atoms with Crippen LogP contribution in [-0.2, 0) is 5.41 Å². The third-order valence-electron chi connectivity index (χ3n) is 3.47. The van der Waals surface area contributed by atoms with Gasteiger partial charge in [-0.15, -0.1) is 0 Å². The SMILES string of the molecule is CC(C)(c1ccc(O)c(Cl)c1Cl)c1ccc(O)c(Cl)c1Cl. The van der Waals surface area contributed by atoms with Crippen molar-refractivity contribution in [1.29, 1.82) is 0 Å². The highest BCUT2D eigenvalue weighted by Gasteiger charge is 2.30. The van der Waals surface area contributed by atoms with Crippen molar-refractivity contribution in [3.05, 3.63) is 55.5 Å². The topological polar surface area (TPSA) is 40.5 Å². The van der Waals surface area contributed by atoms with Crippen molar-refractivity contribution in [2.75, 3.05) is 0 Å². The van der Waals surface area contributed by atoms with Gasteiger partial charge in [-0.1, -0.05) is 72.4 Å². The van der Waals surface area contributed by atoms with Crippen molar-refractivity contribution in [2.45, 2.75) is 19.3 Å². The fraction of sp³-hybridized carbons (Fsp3) is 0.200. The minimum atomic E-state index is -0.622. The van der Waals surface area contributed by atoms with E-state index in [9.17, 15) is 10.2 Å². The van der Waals surface area contributed by atoms with Gasteiger partial charge in [-0.25, -0.2) is 0 Å². The number of phenols is 2. The van der Waals surface area contributed by atoms with Crippen molar-refractivity contribution in [1.82, 2.24) is 0 Å². The lowest BCUT2D eigenvalue weighted by atomic mass is 9.78. The summed E-state index contributed by atoms with van der Waals surface area (Å²) in [5.74, 6) is -0.174. The summed E-state index contributed by atoms with van der Waals surface area (Å²) < 4.78 is 0. The molecule has 2 rings (SSSR count). The Kier molecular flexibility index (Phi) is 4.55. The van der Waals surface area contributed by atoms with Gasteiger partial charge in [0.25, 0.3) is 0 Å². The number of rotatable bonds is 2. The van der Waals surface area contributed by atoms with E-state index in [1.54, 1.807) is 12.1 Å². The van der Waals surface area contributed by atoms with E-state index in [2.05, 4.69) is 0 Å². The van der Waals surface area contributed by atoms with E-state index in [4.69, 9.17) is 46.4 Å². The van der Waals surface area contributed by atoms with Crippen LogP contribution in [0.2, 0.25) is 20.1 Å². The molecule has 0 unspecified atom stereocenters. The second-order valence-corrected chi connectivity index (χ2v) is 6.66. The highest BCUT2D eigenvalue weighted by Crippen LogP contribution is 2.46. The van der Waals surface area contributed by atoms with Crippen LogP contribution in [0.4, 0.5) is 0 Å². The maximum Gasteiger partial charge on any atom is 0.135 e. The van der Waals surface area contributed by atoms with Gasteiger partial charge in [0.15, 0.2) is 0 Å². The predicted molar refractivity (Wildman–Crippen MR) is 88.4 cm³/mol. The van der Waals surface area contributed by atoms with Crippen LogP contribution in [0.25, 0.3) is 0 Å². The first-order chi connectivity index (χ1) is 9.67. The molecule has 112 valence electrons. The van der Waals surface area contributed by atoms with Gasteiger partial charge in [0.05, 0.1) is 10.0 Å². The molecule has 0 amide bonds. The molecule has 21 heavy (non-hydrogen) atoms. The molecule has 0 atom stereocenters. The molecule has 0 saturated carbocycles. The second-order valence-electron chi connectivity index (χ2n) is 5.15. The number of hydrogen-bond donors (Lipinski definition) is 2. The average Bonchev–Trinajstić information content (AvgIpc) is 2.41. The lowest BCUT2D eigenvalue weighted by Gasteiger charge is -2.29. The Morgan fingerprint density at radius 2 is 1.00 bits per heavy atom. The summed E-state index contributed by atoms with van der Waals surface area (Å²) in [4.78, 5) is 0. The van der Waals surface area contributed by atoms with Crippen LogP contribution in [-0.4, -0.2) is 10.2 Å². The molecule has 2 aromatic carbocycles. The number of halogens is 4. The molecule has 2 aromatic rings. The van der Waals surface area contributed by atoms with Gasteiger partial charge in [0.1, 0.15) is 21.5 Å². The monoisotopic (exact) mass is 364 g/mol. The zero-order chi connectivity index (χ0) is 15.9. The van der Waals surface area contributed by atoms with Crippen molar-refractivity contribution in [3.63, 3.8) is 0 Å². The Bertz CT molecular complexity index is 652. The first-order valence-electron chi connectivity index (χ1n) is 6.02. The summed E-state index contributed by atoms with van der Waals surface area (Å²) in [6, 6.07) is 6.31. The van der Waals surface area contributed by atoms with E-state index in [0.717, 1.165) is 0 Å². The van der Waals surface area contributed by atoms with Gasteiger partial charge in [0, 0.05) is 5.41 Å². The van der Waals surface area contributed by atoms with Crippen LogP contribution >= 0.6 is 46.4 Å². The third-order valence-corrected chi connectivity index (χ3v) is 5.21. The Morgan fingerprint density at radius 1 is 0.667 bits per heavy atom. The van der Waals surface area contributed by atoms with Crippen LogP contribution in [0.3, 0.4) is 0 Å². The fourth-order valence-electron chi connectivity index (χ4n) is 2.19. The number of benzene rings is 2. The smallest absolute Gasteiger partial charge is 0.135 e. The van der Waals surface area contributed by atoms with E-state index < -0.39 is 5.41 Å². The molecule has 0 fully saturated rings. The lowest BCUT2D eigenvalue weighted by molar-refractivity contribution is 0.474. The zero-order valence-electron chi connectivity index (χ0n) is 11.2. The van der Waals surface area contributed by atoms with Gasteiger partial charge in [0.2, 0.25) is 0 Å². The normalized spacial score (nSPS) is 11.7. The maximum atomic E-state index is 9.60. The van der Waals surface area contributed by atoms with Crippen molar-refractivity contribution in [2.24, 2.45) is 0 Å². The molecule has 2 N–H and O–H groups in total. The highest BCUT2D eigenvalue weighted by molar-refractivity contribution is 6.44. The van der Waals surface area contributed by atoms with Gasteiger partial charge in [-0.2, -0.15) is 0 Å². The van der Waals surface area contributed by atoms with Gasteiger partial charge in [-0.3, -0.25) is 0 Å². The largest absolute Gasteiger partial charge is 0.506 e. The number of aromatic hydroxyl groups is 2. The summed E-state index contributed by atoms with van der Waals surface area (Å²) in [6.07, 6.45) is 0. The predicted octanol–water partition coefficient (Wildman–Crippen LogP) is 6.04. The first kappa shape index (κ1) is 16.6. The molecule has 0 aliphatic rings. The van der Waals surface area contributed by atoms with E-state index in [0.29, 0.717) is 11.1 Å². The van der Waals surface area contributed by atoms with E-state index in [1.807, 2.05) is 13.8 Å². The Morgan fingerprint density at radius 3 is 1.33 bits per heavy atom. The van der Waals surface area contributed by atoms with Crippen molar-refractivity contribution in [3.8, 4) is 11.5 Å². The van der Waals surface area contributed by atoms with Gasteiger partial charge < -0.3 is 10.2 Å². The zero-order valence-corrected chi connectivity index (χ0v) is 14.2. The molecule has 0 aliphatic carbocycles. The summed E-state index contributed by atoms with van der Waals surface area (Å²) in [5, 5.41) is 19.9. The molecule has 0 radical (unpaired) electrons. The number of phenolic OH excluding ortho intramolecular Hbond substituents is 2. The Balaban J connectivity index is 2.68. The lowest BCUT2D eigenvalue weighted by Crippen LogP contribution is -2.20. The first-order valence-corrected chi connectivity index (χ1v) is 7.54.